The summed E-state index contributed by atoms with van der Waals surface area (Å²) in [4.78, 5) is 56.6. The van der Waals surface area contributed by atoms with E-state index in [0.29, 0.717) is 0 Å². The molecule has 1 unspecified atom stereocenters. The van der Waals surface area contributed by atoms with Gasteiger partial charge < -0.3 is 14.7 Å². The van der Waals surface area contributed by atoms with Crippen molar-refractivity contribution in [1.82, 2.24) is 14.0 Å². The molecule has 194 valence electrons. The number of likely N-dealkylation sites (tertiary alicyclic amines) is 1. The Kier molecular flexibility index (Phi) is 8.41. The second-order valence-corrected chi connectivity index (χ2v) is 8.61. The van der Waals surface area contributed by atoms with Gasteiger partial charge in [-0.2, -0.15) is 0 Å². The third-order valence-corrected chi connectivity index (χ3v) is 5.65. The van der Waals surface area contributed by atoms with Crippen LogP contribution in [0.5, 0.6) is 5.75 Å². The molecule has 1 aromatic carbocycles. The number of aromatic nitrogens is 2. The molecular formula is C24H29FN4O7. The van der Waals surface area contributed by atoms with Gasteiger partial charge in [0.25, 0.3) is 5.56 Å². The van der Waals surface area contributed by atoms with E-state index in [1.807, 2.05) is 0 Å². The van der Waals surface area contributed by atoms with Crippen molar-refractivity contribution in [3.05, 3.63) is 62.2 Å². The molecule has 1 aromatic heterocycles. The Balaban J connectivity index is 2.04. The fourth-order valence-corrected chi connectivity index (χ4v) is 3.79. The predicted octanol–water partition coefficient (Wildman–Crippen LogP) is 1.19. The van der Waals surface area contributed by atoms with E-state index in [-0.39, 0.29) is 73.0 Å². The van der Waals surface area contributed by atoms with Crippen molar-refractivity contribution < 1.29 is 28.7 Å². The Bertz CT molecular complexity index is 1280. The lowest BCUT2D eigenvalue weighted by atomic mass is 10.1. The minimum atomic E-state index is -1.36. The van der Waals surface area contributed by atoms with Crippen LogP contribution in [0.4, 0.5) is 4.39 Å². The van der Waals surface area contributed by atoms with E-state index in [4.69, 9.17) is 9.57 Å². The number of ether oxygens (including phenoxy) is 1. The summed E-state index contributed by atoms with van der Waals surface area (Å²) < 4.78 is 21.0. The highest BCUT2D eigenvalue weighted by molar-refractivity contribution is 6.01. The highest BCUT2D eigenvalue weighted by Crippen LogP contribution is 2.26. The molecule has 0 aliphatic carbocycles. The maximum absolute atomic E-state index is 13.8. The zero-order valence-electron chi connectivity index (χ0n) is 20.6. The number of aliphatic hydroxyl groups is 1. The normalized spacial score (nSPS) is 15.1. The molecule has 0 spiro atoms. The van der Waals surface area contributed by atoms with E-state index in [9.17, 15) is 28.7 Å². The molecular weight excluding hydrogens is 475 g/mol. The van der Waals surface area contributed by atoms with Gasteiger partial charge in [0.05, 0.1) is 24.9 Å². The molecule has 2 heterocycles. The zero-order chi connectivity index (χ0) is 26.6. The van der Waals surface area contributed by atoms with Crippen LogP contribution in [0.1, 0.15) is 50.8 Å². The van der Waals surface area contributed by atoms with E-state index in [1.165, 1.54) is 32.4 Å². The first kappa shape index (κ1) is 26.8. The van der Waals surface area contributed by atoms with Crippen molar-refractivity contribution in [3.63, 3.8) is 0 Å². The van der Waals surface area contributed by atoms with Crippen LogP contribution in [0.25, 0.3) is 0 Å². The standard InChI is InChI=1S/C24H29FN4O7/c1-14(2)36-26-15(3)18-12-27(13-19(30)17-11-16(25)5-6-20(17)35-4)24(34)29(23(18)33)10-9-28-21(31)7-8-22(28)32/h5-6,11-12,14,19,30H,7-10,13H2,1-4H3/b26-15+. The summed E-state index contributed by atoms with van der Waals surface area (Å²) in [5, 5.41) is 14.8. The smallest absolute Gasteiger partial charge is 0.331 e. The minimum Gasteiger partial charge on any atom is -0.496 e. The summed E-state index contributed by atoms with van der Waals surface area (Å²) in [5.41, 5.74) is -1.16. The van der Waals surface area contributed by atoms with Gasteiger partial charge in [0.1, 0.15) is 23.8 Å². The quantitative estimate of drug-likeness (QED) is 0.292. The van der Waals surface area contributed by atoms with Crippen LogP contribution in [-0.2, 0) is 27.5 Å². The highest BCUT2D eigenvalue weighted by atomic mass is 19.1. The first-order chi connectivity index (χ1) is 17.0. The molecule has 1 atom stereocenters. The monoisotopic (exact) mass is 504 g/mol. The predicted molar refractivity (Wildman–Crippen MR) is 127 cm³/mol. The van der Waals surface area contributed by atoms with Crippen LogP contribution in [0, 0.1) is 5.82 Å². The van der Waals surface area contributed by atoms with Gasteiger partial charge in [0.2, 0.25) is 11.8 Å². The lowest BCUT2D eigenvalue weighted by Gasteiger charge is -2.19. The van der Waals surface area contributed by atoms with Gasteiger partial charge in [-0.1, -0.05) is 5.16 Å². The third kappa shape index (κ3) is 5.88. The molecule has 1 N–H and O–H groups in total. The van der Waals surface area contributed by atoms with Crippen LogP contribution in [-0.4, -0.2) is 56.4 Å². The Morgan fingerprint density at radius 1 is 1.14 bits per heavy atom. The van der Waals surface area contributed by atoms with Crippen LogP contribution in [0.2, 0.25) is 0 Å². The van der Waals surface area contributed by atoms with Crippen molar-refractivity contribution in [2.75, 3.05) is 13.7 Å². The number of oxime groups is 1. The number of methoxy groups -OCH3 is 1. The molecule has 1 aliphatic rings. The van der Waals surface area contributed by atoms with E-state index in [0.717, 1.165) is 20.1 Å². The molecule has 2 amide bonds. The van der Waals surface area contributed by atoms with E-state index in [2.05, 4.69) is 5.16 Å². The zero-order valence-corrected chi connectivity index (χ0v) is 20.6. The number of amides is 2. The Hall–Kier alpha value is -3.80. The topological polar surface area (TPSA) is 132 Å². The number of rotatable bonds is 10. The summed E-state index contributed by atoms with van der Waals surface area (Å²) >= 11 is 0. The molecule has 2 aromatic rings. The lowest BCUT2D eigenvalue weighted by molar-refractivity contribution is -0.138. The van der Waals surface area contributed by atoms with Crippen LogP contribution >= 0.6 is 0 Å². The Labute approximate surface area is 206 Å². The van der Waals surface area contributed by atoms with E-state index in [1.54, 1.807) is 13.8 Å². The van der Waals surface area contributed by atoms with Crippen molar-refractivity contribution in [3.8, 4) is 5.75 Å². The molecule has 1 saturated heterocycles. The molecule has 0 radical (unpaired) electrons. The van der Waals surface area contributed by atoms with Gasteiger partial charge in [-0.25, -0.2) is 9.18 Å². The van der Waals surface area contributed by atoms with Gasteiger partial charge in [-0.15, -0.1) is 0 Å². The van der Waals surface area contributed by atoms with Crippen LogP contribution < -0.4 is 16.0 Å². The molecule has 11 nitrogen and oxygen atoms in total. The van der Waals surface area contributed by atoms with Gasteiger partial charge >= 0.3 is 5.69 Å². The summed E-state index contributed by atoms with van der Waals surface area (Å²) in [6, 6.07) is 3.63. The summed E-state index contributed by atoms with van der Waals surface area (Å²) in [5.74, 6) is -1.13. The van der Waals surface area contributed by atoms with Crippen molar-refractivity contribution in [2.45, 2.75) is 58.9 Å². The minimum absolute atomic E-state index is 0.0210. The fourth-order valence-electron chi connectivity index (χ4n) is 3.79. The number of carbonyl (C=O) groups excluding carboxylic acids is 2. The number of carbonyl (C=O) groups is 2. The Morgan fingerprint density at radius 2 is 1.81 bits per heavy atom. The molecule has 36 heavy (non-hydrogen) atoms. The maximum atomic E-state index is 13.8. The summed E-state index contributed by atoms with van der Waals surface area (Å²) in [6.45, 7) is 4.28. The molecule has 0 saturated carbocycles. The third-order valence-electron chi connectivity index (χ3n) is 5.65. The van der Waals surface area contributed by atoms with Crippen LogP contribution in [0.15, 0.2) is 39.1 Å². The second kappa shape index (κ2) is 11.3. The number of benzene rings is 1. The first-order valence-electron chi connectivity index (χ1n) is 11.4. The Morgan fingerprint density at radius 3 is 2.42 bits per heavy atom. The van der Waals surface area contributed by atoms with Crippen molar-refractivity contribution in [1.29, 1.82) is 0 Å². The molecule has 1 fully saturated rings. The number of imide groups is 1. The van der Waals surface area contributed by atoms with Crippen molar-refractivity contribution in [2.24, 2.45) is 5.16 Å². The largest absolute Gasteiger partial charge is 0.496 e. The molecule has 0 bridgehead atoms. The first-order valence-corrected chi connectivity index (χ1v) is 11.4. The van der Waals surface area contributed by atoms with E-state index >= 15 is 0 Å². The number of hydrogen-bond acceptors (Lipinski definition) is 8. The van der Waals surface area contributed by atoms with Gasteiger partial charge in [0.15, 0.2) is 0 Å². The van der Waals surface area contributed by atoms with E-state index < -0.39 is 23.2 Å². The SMILES string of the molecule is COc1ccc(F)cc1C(O)Cn1cc(/C(C)=N/OC(C)C)c(=O)n(CCN2C(=O)CCC2=O)c1=O. The second-order valence-electron chi connectivity index (χ2n) is 8.61. The summed E-state index contributed by atoms with van der Waals surface area (Å²) in [6.07, 6.45) is -0.221. The lowest BCUT2D eigenvalue weighted by Crippen LogP contribution is -2.45. The van der Waals surface area contributed by atoms with Gasteiger partial charge in [-0.3, -0.25) is 28.4 Å². The number of nitrogens with zero attached hydrogens (tertiary/aromatic N) is 4. The molecule has 1 aliphatic heterocycles. The number of halogens is 1. The molecule has 3 rings (SSSR count). The molecule has 12 heteroatoms. The van der Waals surface area contributed by atoms with Crippen molar-refractivity contribution >= 4 is 17.5 Å². The van der Waals surface area contributed by atoms with Gasteiger partial charge in [0, 0.05) is 37.7 Å². The highest BCUT2D eigenvalue weighted by Gasteiger charge is 2.29. The van der Waals surface area contributed by atoms with Crippen LogP contribution in [0.3, 0.4) is 0 Å². The van der Waals surface area contributed by atoms with Gasteiger partial charge in [-0.05, 0) is 39.0 Å². The average Bonchev–Trinajstić information content (AvgIpc) is 3.16. The fraction of sp³-hybridized carbons (Fsp3) is 0.458. The number of hydrogen-bond donors (Lipinski definition) is 1. The number of aliphatic hydroxyl groups excluding tert-OH is 1. The maximum Gasteiger partial charge on any atom is 0.331 e. The summed E-state index contributed by atoms with van der Waals surface area (Å²) in [7, 11) is 1.36. The average molecular weight is 505 g/mol.